The molecule has 0 unspecified atom stereocenters. The van der Waals surface area contributed by atoms with E-state index in [-0.39, 0.29) is 12.6 Å². The smallest absolute Gasteiger partial charge is 0.323 e. The van der Waals surface area contributed by atoms with Gasteiger partial charge in [-0.25, -0.2) is 4.79 Å². The summed E-state index contributed by atoms with van der Waals surface area (Å²) in [7, 11) is 0. The Balaban J connectivity index is 1.84. The first-order valence-corrected chi connectivity index (χ1v) is 7.93. The number of carbonyl (C=O) groups is 2. The van der Waals surface area contributed by atoms with Crippen molar-refractivity contribution in [2.75, 3.05) is 45.8 Å². The summed E-state index contributed by atoms with van der Waals surface area (Å²) in [5.74, 6) is 0.212. The van der Waals surface area contributed by atoms with Crippen LogP contribution in [0, 0.1) is 11.8 Å². The molecule has 0 aromatic carbocycles. The maximum absolute atomic E-state index is 12.5. The second-order valence-corrected chi connectivity index (χ2v) is 6.68. The van der Waals surface area contributed by atoms with Crippen LogP contribution in [-0.4, -0.2) is 77.6 Å². The molecule has 1 N–H and O–H groups in total. The summed E-state index contributed by atoms with van der Waals surface area (Å²) in [6, 6.07) is -0.103. The third-order valence-electron chi connectivity index (χ3n) is 4.04. The first kappa shape index (κ1) is 16.1. The third-order valence-corrected chi connectivity index (χ3v) is 4.04. The van der Waals surface area contributed by atoms with Gasteiger partial charge < -0.3 is 14.9 Å². The fourth-order valence-corrected chi connectivity index (χ4v) is 2.82. The lowest BCUT2D eigenvalue weighted by molar-refractivity contribution is -0.137. The predicted molar refractivity (Wildman–Crippen MR) is 80.2 cm³/mol. The molecular formula is C15H27N3O3. The maximum atomic E-state index is 12.5. The Labute approximate surface area is 126 Å². The van der Waals surface area contributed by atoms with E-state index < -0.39 is 5.97 Å². The fourth-order valence-electron chi connectivity index (χ4n) is 2.82. The highest BCUT2D eigenvalue weighted by Gasteiger charge is 2.31. The topological polar surface area (TPSA) is 64.1 Å². The molecule has 0 bridgehead atoms. The number of hydrogen-bond acceptors (Lipinski definition) is 3. The van der Waals surface area contributed by atoms with E-state index in [9.17, 15) is 9.59 Å². The molecule has 0 radical (unpaired) electrons. The molecule has 21 heavy (non-hydrogen) atoms. The van der Waals surface area contributed by atoms with E-state index in [1.807, 2.05) is 4.90 Å². The Kier molecular flexibility index (Phi) is 5.45. The Morgan fingerprint density at radius 3 is 2.29 bits per heavy atom. The highest BCUT2D eigenvalue weighted by atomic mass is 16.4. The molecule has 1 saturated carbocycles. The zero-order chi connectivity index (χ0) is 15.4. The lowest BCUT2D eigenvalue weighted by Crippen LogP contribution is -2.54. The van der Waals surface area contributed by atoms with E-state index in [2.05, 4.69) is 18.7 Å². The van der Waals surface area contributed by atoms with Crippen molar-refractivity contribution in [2.45, 2.75) is 26.7 Å². The van der Waals surface area contributed by atoms with Gasteiger partial charge in [0.05, 0.1) is 0 Å². The molecule has 1 aliphatic carbocycles. The van der Waals surface area contributed by atoms with Gasteiger partial charge in [0.2, 0.25) is 0 Å². The Morgan fingerprint density at radius 1 is 1.19 bits per heavy atom. The van der Waals surface area contributed by atoms with E-state index in [0.717, 1.165) is 32.5 Å². The van der Waals surface area contributed by atoms with Crippen LogP contribution in [0.4, 0.5) is 4.79 Å². The van der Waals surface area contributed by atoms with Crippen molar-refractivity contribution < 1.29 is 14.7 Å². The third kappa shape index (κ3) is 5.19. The number of piperazine rings is 1. The summed E-state index contributed by atoms with van der Waals surface area (Å²) < 4.78 is 0. The van der Waals surface area contributed by atoms with Gasteiger partial charge in [-0.3, -0.25) is 9.69 Å². The molecular weight excluding hydrogens is 270 g/mol. The number of rotatable bonds is 6. The van der Waals surface area contributed by atoms with Crippen molar-refractivity contribution in [1.29, 1.82) is 0 Å². The van der Waals surface area contributed by atoms with Gasteiger partial charge in [0.25, 0.3) is 0 Å². The summed E-state index contributed by atoms with van der Waals surface area (Å²) in [4.78, 5) is 29.1. The van der Waals surface area contributed by atoms with Crippen molar-refractivity contribution in [1.82, 2.24) is 14.7 Å². The van der Waals surface area contributed by atoms with E-state index in [1.165, 1.54) is 4.90 Å². The van der Waals surface area contributed by atoms with Crippen LogP contribution in [0.2, 0.25) is 0 Å². The monoisotopic (exact) mass is 297 g/mol. The minimum atomic E-state index is -0.928. The van der Waals surface area contributed by atoms with Crippen molar-refractivity contribution in [3.05, 3.63) is 0 Å². The molecule has 1 saturated heterocycles. The highest BCUT2D eigenvalue weighted by Crippen LogP contribution is 2.30. The molecule has 2 amide bonds. The normalized spacial score (nSPS) is 19.9. The van der Waals surface area contributed by atoms with Gasteiger partial charge in [0, 0.05) is 39.3 Å². The molecule has 0 aromatic rings. The second-order valence-electron chi connectivity index (χ2n) is 6.68. The van der Waals surface area contributed by atoms with Crippen LogP contribution in [0.5, 0.6) is 0 Å². The van der Waals surface area contributed by atoms with Crippen molar-refractivity contribution in [3.8, 4) is 0 Å². The number of urea groups is 1. The minimum Gasteiger partial charge on any atom is -0.480 e. The zero-order valence-corrected chi connectivity index (χ0v) is 13.1. The summed E-state index contributed by atoms with van der Waals surface area (Å²) in [6.45, 7) is 9.03. The molecule has 1 aliphatic heterocycles. The van der Waals surface area contributed by atoms with Gasteiger partial charge in [-0.15, -0.1) is 0 Å². The molecule has 120 valence electrons. The summed E-state index contributed by atoms with van der Waals surface area (Å²) in [5, 5.41) is 8.98. The number of carbonyl (C=O) groups excluding carboxylic acids is 1. The highest BCUT2D eigenvalue weighted by molar-refractivity contribution is 5.80. The van der Waals surface area contributed by atoms with Gasteiger partial charge >= 0.3 is 12.0 Å². The lowest BCUT2D eigenvalue weighted by atomic mass is 10.2. The number of aliphatic carboxylic acids is 1. The van der Waals surface area contributed by atoms with E-state index >= 15 is 0 Å². The number of amides is 2. The van der Waals surface area contributed by atoms with Gasteiger partial charge in [-0.2, -0.15) is 0 Å². The number of carboxylic acids is 1. The molecule has 6 heteroatoms. The molecule has 0 spiro atoms. The molecule has 2 fully saturated rings. The fraction of sp³-hybridized carbons (Fsp3) is 0.867. The van der Waals surface area contributed by atoms with E-state index in [0.29, 0.717) is 31.5 Å². The minimum absolute atomic E-state index is 0.103. The first-order chi connectivity index (χ1) is 9.95. The largest absolute Gasteiger partial charge is 0.480 e. The van der Waals surface area contributed by atoms with E-state index in [4.69, 9.17) is 5.11 Å². The Morgan fingerprint density at radius 2 is 1.81 bits per heavy atom. The Bertz CT molecular complexity index is 374. The predicted octanol–water partition coefficient (Wildman–Crippen LogP) is 1.18. The van der Waals surface area contributed by atoms with Crippen LogP contribution in [0.15, 0.2) is 0 Å². The first-order valence-electron chi connectivity index (χ1n) is 7.93. The Hall–Kier alpha value is -1.30. The van der Waals surface area contributed by atoms with Crippen LogP contribution in [0.1, 0.15) is 26.7 Å². The van der Waals surface area contributed by atoms with Crippen LogP contribution in [-0.2, 0) is 4.79 Å². The number of hydrogen-bond donors (Lipinski definition) is 1. The van der Waals surface area contributed by atoms with E-state index in [1.54, 1.807) is 0 Å². The SMILES string of the molecule is CC(C)CN1CCN(C(=O)N(CC(=O)O)CC2CC2)CC1. The van der Waals surface area contributed by atoms with Crippen molar-refractivity contribution in [3.63, 3.8) is 0 Å². The number of nitrogens with zero attached hydrogens (tertiary/aromatic N) is 3. The zero-order valence-electron chi connectivity index (χ0n) is 13.1. The van der Waals surface area contributed by atoms with Gasteiger partial charge in [0.15, 0.2) is 0 Å². The number of carboxylic acid groups (broad SMARTS) is 1. The summed E-state index contributed by atoms with van der Waals surface area (Å²) in [6.07, 6.45) is 2.23. The maximum Gasteiger partial charge on any atom is 0.323 e. The summed E-state index contributed by atoms with van der Waals surface area (Å²) in [5.41, 5.74) is 0. The van der Waals surface area contributed by atoms with Gasteiger partial charge in [-0.05, 0) is 24.7 Å². The van der Waals surface area contributed by atoms with Crippen LogP contribution >= 0.6 is 0 Å². The molecule has 2 aliphatic rings. The molecule has 0 aromatic heterocycles. The van der Waals surface area contributed by atoms with Gasteiger partial charge in [0.1, 0.15) is 6.54 Å². The van der Waals surface area contributed by atoms with Crippen molar-refractivity contribution >= 4 is 12.0 Å². The van der Waals surface area contributed by atoms with Crippen LogP contribution in [0.25, 0.3) is 0 Å². The van der Waals surface area contributed by atoms with Gasteiger partial charge in [-0.1, -0.05) is 13.8 Å². The molecule has 6 nitrogen and oxygen atoms in total. The average molecular weight is 297 g/mol. The van der Waals surface area contributed by atoms with Crippen LogP contribution < -0.4 is 0 Å². The quantitative estimate of drug-likeness (QED) is 0.799. The average Bonchev–Trinajstić information content (AvgIpc) is 3.21. The standard InChI is InChI=1S/C15H27N3O3/c1-12(2)9-16-5-7-17(8-6-16)15(21)18(11-14(19)20)10-13-3-4-13/h12-13H,3-11H2,1-2H3,(H,19,20). The van der Waals surface area contributed by atoms with Crippen LogP contribution in [0.3, 0.4) is 0 Å². The molecule has 2 rings (SSSR count). The lowest BCUT2D eigenvalue weighted by Gasteiger charge is -2.37. The summed E-state index contributed by atoms with van der Waals surface area (Å²) >= 11 is 0. The second kappa shape index (κ2) is 7.11. The molecule has 1 heterocycles. The molecule has 0 atom stereocenters. The van der Waals surface area contributed by atoms with Crippen molar-refractivity contribution in [2.24, 2.45) is 11.8 Å².